The highest BCUT2D eigenvalue weighted by atomic mass is 32.1. The monoisotopic (exact) mass is 731 g/mol. The smallest absolute Gasteiger partial charge is 0.161 e. The van der Waals surface area contributed by atoms with E-state index in [0.29, 0.717) is 5.82 Å². The Kier molecular flexibility index (Phi) is 6.76. The fraction of sp³-hybridized carbons (Fsp3) is 0. The SMILES string of the molecule is c1ccc(-c2nc3ccccc3c3c2ccc2oc4c(-c5cc(-c6cccc7sc8ccccc8c67)nc(-c6cccc7ccccc67)n5)cccc4c23)cc1. The molecule has 4 heterocycles. The van der Waals surface area contributed by atoms with Crippen molar-refractivity contribution in [2.45, 2.75) is 0 Å². The highest BCUT2D eigenvalue weighted by Crippen LogP contribution is 2.45. The van der Waals surface area contributed by atoms with E-state index in [1.54, 1.807) is 0 Å². The zero-order valence-corrected chi connectivity index (χ0v) is 30.7. The fourth-order valence-corrected chi connectivity index (χ4v) is 9.73. The number of thiophene rings is 1. The average Bonchev–Trinajstić information content (AvgIpc) is 3.85. The predicted molar refractivity (Wildman–Crippen MR) is 234 cm³/mol. The Labute approximate surface area is 325 Å². The van der Waals surface area contributed by atoms with E-state index in [9.17, 15) is 0 Å². The lowest BCUT2D eigenvalue weighted by molar-refractivity contribution is 0.670. The maximum absolute atomic E-state index is 6.94. The summed E-state index contributed by atoms with van der Waals surface area (Å²) >= 11 is 1.82. The van der Waals surface area contributed by atoms with Gasteiger partial charge in [-0.2, -0.15) is 0 Å². The minimum atomic E-state index is 0.675. The summed E-state index contributed by atoms with van der Waals surface area (Å²) in [5.74, 6) is 0.675. The number of benzene rings is 8. The Morgan fingerprint density at radius 3 is 1.98 bits per heavy atom. The first-order valence-electron chi connectivity index (χ1n) is 18.8. The number of hydrogen-bond donors (Lipinski definition) is 0. The molecule has 0 spiro atoms. The van der Waals surface area contributed by atoms with Gasteiger partial charge in [-0.15, -0.1) is 11.3 Å². The van der Waals surface area contributed by atoms with Crippen molar-refractivity contribution in [2.75, 3.05) is 0 Å². The molecule has 0 bridgehead atoms. The summed E-state index contributed by atoms with van der Waals surface area (Å²) < 4.78 is 9.43. The summed E-state index contributed by atoms with van der Waals surface area (Å²) in [7, 11) is 0. The van der Waals surface area contributed by atoms with E-state index in [0.717, 1.165) is 93.7 Å². The van der Waals surface area contributed by atoms with Crippen molar-refractivity contribution in [2.24, 2.45) is 0 Å². The van der Waals surface area contributed by atoms with Crippen LogP contribution in [0.3, 0.4) is 0 Å². The molecule has 0 aliphatic heterocycles. The van der Waals surface area contributed by atoms with E-state index in [4.69, 9.17) is 19.4 Å². The van der Waals surface area contributed by atoms with Crippen LogP contribution < -0.4 is 0 Å². The van der Waals surface area contributed by atoms with Gasteiger partial charge in [-0.05, 0) is 53.2 Å². The second-order valence-electron chi connectivity index (χ2n) is 14.3. The Hall–Kier alpha value is -7.21. The lowest BCUT2D eigenvalue weighted by Gasteiger charge is -2.12. The molecule has 12 aromatic rings. The molecule has 260 valence electrons. The van der Waals surface area contributed by atoms with Gasteiger partial charge in [0.1, 0.15) is 11.2 Å². The van der Waals surface area contributed by atoms with Gasteiger partial charge in [-0.1, -0.05) is 133 Å². The molecular weight excluding hydrogens is 703 g/mol. The zero-order valence-electron chi connectivity index (χ0n) is 29.9. The quantitative estimate of drug-likeness (QED) is 0.169. The van der Waals surface area contributed by atoms with Crippen LogP contribution in [-0.2, 0) is 0 Å². The summed E-state index contributed by atoms with van der Waals surface area (Å²) in [6.45, 7) is 0. The molecular formula is C51H29N3OS. The van der Waals surface area contributed by atoms with Crippen molar-refractivity contribution in [3.05, 3.63) is 176 Å². The van der Waals surface area contributed by atoms with Crippen LogP contribution in [0.1, 0.15) is 0 Å². The maximum Gasteiger partial charge on any atom is 0.161 e. The van der Waals surface area contributed by atoms with Gasteiger partial charge in [-0.3, -0.25) is 0 Å². The number of fused-ring (bicyclic) bond motifs is 11. The lowest BCUT2D eigenvalue weighted by Crippen LogP contribution is -1.97. The molecule has 0 saturated heterocycles. The van der Waals surface area contributed by atoms with Crippen LogP contribution in [0.15, 0.2) is 180 Å². The number of aromatic nitrogens is 3. The molecule has 4 nitrogen and oxygen atoms in total. The van der Waals surface area contributed by atoms with Crippen molar-refractivity contribution in [1.29, 1.82) is 0 Å². The van der Waals surface area contributed by atoms with E-state index >= 15 is 0 Å². The third-order valence-corrected chi connectivity index (χ3v) is 12.2. The van der Waals surface area contributed by atoms with Crippen molar-refractivity contribution in [3.63, 3.8) is 0 Å². The van der Waals surface area contributed by atoms with Gasteiger partial charge in [0.2, 0.25) is 0 Å². The molecule has 4 aromatic heterocycles. The highest BCUT2D eigenvalue weighted by Gasteiger charge is 2.22. The molecule has 0 saturated carbocycles. The standard InChI is InChI=1S/C51H29N3OS/c1-2-14-31(15-3-1)49-38-27-28-43-48(47(38)34-18-6-8-24-40(34)52-49)39-23-11-22-36(50(39)55-43)42-29-41(35-21-12-26-45-46(35)37-19-7-9-25-44(37)56-45)53-51(54-42)33-20-10-16-30-13-4-5-17-32(30)33/h1-29H. The van der Waals surface area contributed by atoms with E-state index in [1.807, 2.05) is 17.4 Å². The Bertz CT molecular complexity index is 3540. The number of hydrogen-bond acceptors (Lipinski definition) is 5. The van der Waals surface area contributed by atoms with E-state index < -0.39 is 0 Å². The van der Waals surface area contributed by atoms with Crippen LogP contribution in [0.4, 0.5) is 0 Å². The lowest BCUT2D eigenvalue weighted by atomic mass is 9.95. The number of rotatable bonds is 4. The third-order valence-electron chi connectivity index (χ3n) is 11.1. The molecule has 0 aliphatic rings. The molecule has 12 rings (SSSR count). The minimum Gasteiger partial charge on any atom is -0.455 e. The first-order chi connectivity index (χ1) is 27.8. The van der Waals surface area contributed by atoms with Crippen LogP contribution in [0.2, 0.25) is 0 Å². The van der Waals surface area contributed by atoms with Gasteiger partial charge < -0.3 is 4.42 Å². The second-order valence-corrected chi connectivity index (χ2v) is 15.3. The molecule has 0 atom stereocenters. The van der Waals surface area contributed by atoms with Crippen LogP contribution >= 0.6 is 11.3 Å². The van der Waals surface area contributed by atoms with E-state index in [2.05, 4.69) is 170 Å². The second kappa shape index (κ2) is 12.2. The van der Waals surface area contributed by atoms with E-state index in [1.165, 1.54) is 20.2 Å². The van der Waals surface area contributed by atoms with Gasteiger partial charge in [0, 0.05) is 69.4 Å². The number of nitrogens with zero attached hydrogens (tertiary/aromatic N) is 3. The predicted octanol–water partition coefficient (Wildman–Crippen LogP) is 14.3. The fourth-order valence-electron chi connectivity index (χ4n) is 8.60. The summed E-state index contributed by atoms with van der Waals surface area (Å²) in [5, 5.41) is 10.1. The summed E-state index contributed by atoms with van der Waals surface area (Å²) in [6, 6.07) is 61.7. The highest BCUT2D eigenvalue weighted by molar-refractivity contribution is 7.25. The van der Waals surface area contributed by atoms with Gasteiger partial charge in [0.15, 0.2) is 5.82 Å². The first-order valence-corrected chi connectivity index (χ1v) is 19.6. The van der Waals surface area contributed by atoms with Crippen molar-refractivity contribution in [1.82, 2.24) is 15.0 Å². The minimum absolute atomic E-state index is 0.675. The van der Waals surface area contributed by atoms with Crippen LogP contribution in [0.25, 0.3) is 120 Å². The molecule has 0 N–H and O–H groups in total. The van der Waals surface area contributed by atoms with Crippen molar-refractivity contribution >= 4 is 85.9 Å². The van der Waals surface area contributed by atoms with Crippen LogP contribution in [0, 0.1) is 0 Å². The molecule has 0 aliphatic carbocycles. The van der Waals surface area contributed by atoms with Crippen molar-refractivity contribution < 1.29 is 4.42 Å². The molecule has 5 heteroatoms. The molecule has 0 fully saturated rings. The first kappa shape index (κ1) is 31.2. The topological polar surface area (TPSA) is 51.8 Å². The zero-order chi connectivity index (χ0) is 36.7. The largest absolute Gasteiger partial charge is 0.455 e. The molecule has 0 radical (unpaired) electrons. The molecule has 8 aromatic carbocycles. The number of furan rings is 1. The van der Waals surface area contributed by atoms with Gasteiger partial charge in [-0.25, -0.2) is 15.0 Å². The normalized spacial score (nSPS) is 11.9. The summed E-state index contributed by atoms with van der Waals surface area (Å²) in [4.78, 5) is 16.0. The molecule has 56 heavy (non-hydrogen) atoms. The van der Waals surface area contributed by atoms with Gasteiger partial charge >= 0.3 is 0 Å². The number of para-hydroxylation sites is 2. The average molecular weight is 732 g/mol. The van der Waals surface area contributed by atoms with E-state index in [-0.39, 0.29) is 0 Å². The Morgan fingerprint density at radius 1 is 0.411 bits per heavy atom. The summed E-state index contributed by atoms with van der Waals surface area (Å²) in [5.41, 5.74) is 9.28. The Balaban J connectivity index is 1.16. The van der Waals surface area contributed by atoms with Crippen molar-refractivity contribution in [3.8, 4) is 45.2 Å². The number of pyridine rings is 1. The summed E-state index contributed by atoms with van der Waals surface area (Å²) in [6.07, 6.45) is 0. The third kappa shape index (κ3) is 4.68. The van der Waals surface area contributed by atoms with Gasteiger partial charge in [0.25, 0.3) is 0 Å². The van der Waals surface area contributed by atoms with Gasteiger partial charge in [0.05, 0.1) is 22.6 Å². The van der Waals surface area contributed by atoms with Crippen LogP contribution in [-0.4, -0.2) is 15.0 Å². The van der Waals surface area contributed by atoms with Crippen LogP contribution in [0.5, 0.6) is 0 Å². The molecule has 0 amide bonds. The Morgan fingerprint density at radius 2 is 1.07 bits per heavy atom. The maximum atomic E-state index is 6.94. The molecule has 0 unspecified atom stereocenters.